The number of pyridine rings is 1. The van der Waals surface area contributed by atoms with Crippen molar-refractivity contribution in [2.75, 3.05) is 32.3 Å². The molecule has 0 aliphatic carbocycles. The Morgan fingerprint density at radius 2 is 1.65 bits per heavy atom. The third kappa shape index (κ3) is 5.59. The first kappa shape index (κ1) is 25.8. The van der Waals surface area contributed by atoms with Crippen LogP contribution in [0.15, 0.2) is 70.4 Å². The molecule has 2 aromatic carbocycles. The molecule has 4 aromatic rings. The van der Waals surface area contributed by atoms with Crippen molar-refractivity contribution in [3.05, 3.63) is 81.5 Å². The molecule has 4 rings (SSSR count). The van der Waals surface area contributed by atoms with Crippen molar-refractivity contribution in [2.45, 2.75) is 6.36 Å². The third-order valence-corrected chi connectivity index (χ3v) is 5.50. The molecular formula is C25H23F3N4O5. The van der Waals surface area contributed by atoms with Gasteiger partial charge in [0.1, 0.15) is 23.8 Å². The lowest BCUT2D eigenvalue weighted by Gasteiger charge is -2.21. The van der Waals surface area contributed by atoms with E-state index < -0.39 is 17.7 Å². The number of hydrogen-bond acceptors (Lipinski definition) is 7. The fourth-order valence-corrected chi connectivity index (χ4v) is 3.70. The molecule has 0 saturated heterocycles. The number of aryl methyl sites for hydroxylation is 1. The molecule has 2 heterocycles. The summed E-state index contributed by atoms with van der Waals surface area (Å²) in [4.78, 5) is 27.8. The summed E-state index contributed by atoms with van der Waals surface area (Å²) in [5.41, 5.74) is -0.318. The number of aromatic nitrogens is 3. The van der Waals surface area contributed by atoms with E-state index in [0.717, 1.165) is 16.8 Å². The molecule has 0 unspecified atom stereocenters. The van der Waals surface area contributed by atoms with Crippen LogP contribution in [0.3, 0.4) is 0 Å². The smallest absolute Gasteiger partial charge is 0.491 e. The first-order valence-corrected chi connectivity index (χ1v) is 11.0. The number of hydrogen-bond donors (Lipinski definition) is 0. The van der Waals surface area contributed by atoms with Crippen LogP contribution in [0.1, 0.15) is 0 Å². The Kier molecular flexibility index (Phi) is 7.21. The van der Waals surface area contributed by atoms with E-state index in [-0.39, 0.29) is 29.1 Å². The van der Waals surface area contributed by atoms with E-state index in [2.05, 4.69) is 9.84 Å². The highest BCUT2D eigenvalue weighted by Crippen LogP contribution is 2.29. The van der Waals surface area contributed by atoms with Gasteiger partial charge in [-0.05, 0) is 54.6 Å². The third-order valence-electron chi connectivity index (χ3n) is 5.50. The van der Waals surface area contributed by atoms with Crippen molar-refractivity contribution in [3.63, 3.8) is 0 Å². The Hall–Kier alpha value is -4.32. The second-order valence-corrected chi connectivity index (χ2v) is 8.00. The van der Waals surface area contributed by atoms with Gasteiger partial charge in [0.25, 0.3) is 11.1 Å². The maximum atomic E-state index is 13.5. The van der Waals surface area contributed by atoms with Crippen LogP contribution in [0.4, 0.5) is 24.7 Å². The molecule has 0 N–H and O–H groups in total. The normalized spacial score (nSPS) is 11.5. The SMILES string of the molecule is COCCOc1ccc2c(N(C)c3cccn(C)c3=O)nn(-c3ccc(OC(F)(F)F)cc3)c(=O)c2c1. The van der Waals surface area contributed by atoms with Gasteiger partial charge < -0.3 is 23.7 Å². The summed E-state index contributed by atoms with van der Waals surface area (Å²) in [7, 11) is 4.78. The number of ether oxygens (including phenoxy) is 3. The summed E-state index contributed by atoms with van der Waals surface area (Å²) >= 11 is 0. The van der Waals surface area contributed by atoms with Crippen molar-refractivity contribution in [1.82, 2.24) is 14.3 Å². The topological polar surface area (TPSA) is 87.8 Å². The van der Waals surface area contributed by atoms with Gasteiger partial charge in [-0.25, -0.2) is 0 Å². The molecular weight excluding hydrogens is 493 g/mol. The van der Waals surface area contributed by atoms with Gasteiger partial charge in [0.2, 0.25) is 0 Å². The fraction of sp³-hybridized carbons (Fsp3) is 0.240. The van der Waals surface area contributed by atoms with Crippen molar-refractivity contribution in [3.8, 4) is 17.2 Å². The average Bonchev–Trinajstić information content (AvgIpc) is 2.86. The highest BCUT2D eigenvalue weighted by atomic mass is 19.4. The van der Waals surface area contributed by atoms with Gasteiger partial charge in [-0.3, -0.25) is 9.59 Å². The van der Waals surface area contributed by atoms with Crippen LogP contribution >= 0.6 is 0 Å². The van der Waals surface area contributed by atoms with Crippen molar-refractivity contribution in [2.24, 2.45) is 7.05 Å². The zero-order valence-corrected chi connectivity index (χ0v) is 20.2. The summed E-state index contributed by atoms with van der Waals surface area (Å²) in [6, 6.07) is 12.9. The quantitative estimate of drug-likeness (QED) is 0.330. The summed E-state index contributed by atoms with van der Waals surface area (Å²) in [5, 5.41) is 5.17. The minimum Gasteiger partial charge on any atom is -0.491 e. The minimum atomic E-state index is -4.85. The molecule has 0 aliphatic heterocycles. The zero-order chi connectivity index (χ0) is 26.7. The monoisotopic (exact) mass is 516 g/mol. The highest BCUT2D eigenvalue weighted by Gasteiger charge is 2.31. The molecule has 0 atom stereocenters. The second kappa shape index (κ2) is 10.3. The molecule has 12 heteroatoms. The van der Waals surface area contributed by atoms with Gasteiger partial charge in [0.15, 0.2) is 5.82 Å². The van der Waals surface area contributed by atoms with Gasteiger partial charge in [0.05, 0.1) is 17.7 Å². The molecule has 194 valence electrons. The van der Waals surface area contributed by atoms with Crippen LogP contribution in [0.2, 0.25) is 0 Å². The Morgan fingerprint density at radius 3 is 2.32 bits per heavy atom. The molecule has 37 heavy (non-hydrogen) atoms. The lowest BCUT2D eigenvalue weighted by Crippen LogP contribution is -2.29. The highest BCUT2D eigenvalue weighted by molar-refractivity contribution is 5.94. The molecule has 9 nitrogen and oxygen atoms in total. The fourth-order valence-electron chi connectivity index (χ4n) is 3.70. The Labute approximate surface area is 208 Å². The van der Waals surface area contributed by atoms with E-state index in [9.17, 15) is 22.8 Å². The molecule has 0 radical (unpaired) electrons. The lowest BCUT2D eigenvalue weighted by atomic mass is 10.1. The summed E-state index contributed by atoms with van der Waals surface area (Å²) in [6.07, 6.45) is -3.24. The van der Waals surface area contributed by atoms with E-state index >= 15 is 0 Å². The number of methoxy groups -OCH3 is 1. The molecule has 0 bridgehead atoms. The van der Waals surface area contributed by atoms with E-state index in [4.69, 9.17) is 9.47 Å². The standard InChI is InChI=1S/C25H23F3N4O5/c1-30-12-4-5-21(24(30)34)31(2)22-19-11-10-18(36-14-13-35-3)15-20(19)23(33)32(29-22)16-6-8-17(9-7-16)37-25(26,27)28/h4-12,15H,13-14H2,1-3H3. The van der Waals surface area contributed by atoms with Gasteiger partial charge >= 0.3 is 6.36 Å². The number of nitrogens with zero attached hydrogens (tertiary/aromatic N) is 4. The van der Waals surface area contributed by atoms with E-state index in [0.29, 0.717) is 23.4 Å². The van der Waals surface area contributed by atoms with Crippen LogP contribution in [0.5, 0.6) is 11.5 Å². The lowest BCUT2D eigenvalue weighted by molar-refractivity contribution is -0.274. The predicted octanol–water partition coefficient (Wildman–Crippen LogP) is 3.78. The number of alkyl halides is 3. The largest absolute Gasteiger partial charge is 0.573 e. The number of rotatable bonds is 8. The predicted molar refractivity (Wildman–Crippen MR) is 131 cm³/mol. The Balaban J connectivity index is 1.89. The molecule has 0 amide bonds. The maximum Gasteiger partial charge on any atom is 0.573 e. The zero-order valence-electron chi connectivity index (χ0n) is 20.2. The van der Waals surface area contributed by atoms with Crippen LogP contribution in [-0.2, 0) is 11.8 Å². The van der Waals surface area contributed by atoms with E-state index in [1.54, 1.807) is 55.5 Å². The van der Waals surface area contributed by atoms with Crippen LogP contribution in [-0.4, -0.2) is 48.1 Å². The number of halogens is 3. The first-order valence-electron chi connectivity index (χ1n) is 11.0. The molecule has 0 spiro atoms. The van der Waals surface area contributed by atoms with E-state index in [1.807, 2.05) is 0 Å². The van der Waals surface area contributed by atoms with Crippen molar-refractivity contribution < 1.29 is 27.4 Å². The van der Waals surface area contributed by atoms with Gasteiger partial charge in [-0.1, -0.05) is 0 Å². The summed E-state index contributed by atoms with van der Waals surface area (Å²) in [5.74, 6) is 0.249. The van der Waals surface area contributed by atoms with Crippen LogP contribution in [0, 0.1) is 0 Å². The Bertz CT molecular complexity index is 1530. The number of anilines is 2. The second-order valence-electron chi connectivity index (χ2n) is 8.00. The number of benzene rings is 2. The molecule has 0 fully saturated rings. The average molecular weight is 516 g/mol. The van der Waals surface area contributed by atoms with Crippen molar-refractivity contribution in [1.29, 1.82) is 0 Å². The van der Waals surface area contributed by atoms with Gasteiger partial charge in [-0.15, -0.1) is 18.3 Å². The minimum absolute atomic E-state index is 0.197. The van der Waals surface area contributed by atoms with Crippen LogP contribution < -0.4 is 25.5 Å². The first-order chi connectivity index (χ1) is 17.6. The van der Waals surface area contributed by atoms with Gasteiger partial charge in [0, 0.05) is 32.8 Å². The van der Waals surface area contributed by atoms with Crippen molar-refractivity contribution >= 4 is 22.3 Å². The van der Waals surface area contributed by atoms with E-state index in [1.165, 1.54) is 23.8 Å². The molecule has 2 aromatic heterocycles. The number of fused-ring (bicyclic) bond motifs is 1. The Morgan fingerprint density at radius 1 is 0.946 bits per heavy atom. The van der Waals surface area contributed by atoms with Crippen LogP contribution in [0.25, 0.3) is 16.5 Å². The molecule has 0 saturated carbocycles. The summed E-state index contributed by atoms with van der Waals surface area (Å²) < 4.78 is 54.7. The van der Waals surface area contributed by atoms with Gasteiger partial charge in [-0.2, -0.15) is 4.68 Å². The summed E-state index contributed by atoms with van der Waals surface area (Å²) in [6.45, 7) is 0.602. The maximum absolute atomic E-state index is 13.5. The molecule has 0 aliphatic rings.